The lowest BCUT2D eigenvalue weighted by Gasteiger charge is -2.31. The average molecular weight is 586 g/mol. The van der Waals surface area contributed by atoms with Crippen molar-refractivity contribution < 1.29 is 14.3 Å². The molecule has 2 amide bonds. The summed E-state index contributed by atoms with van der Waals surface area (Å²) in [7, 11) is 0. The Kier molecular flexibility index (Phi) is 10.2. The highest BCUT2D eigenvalue weighted by Crippen LogP contribution is 2.31. The summed E-state index contributed by atoms with van der Waals surface area (Å²) in [6.45, 7) is 8.80. The molecule has 3 aromatic rings. The van der Waals surface area contributed by atoms with Gasteiger partial charge in [-0.3, -0.25) is 9.59 Å². The summed E-state index contributed by atoms with van der Waals surface area (Å²) in [5, 5.41) is 3.51. The zero-order chi connectivity index (χ0) is 27.0. The molecule has 0 aromatic heterocycles. The van der Waals surface area contributed by atoms with Gasteiger partial charge in [0.1, 0.15) is 11.8 Å². The predicted octanol–water partition coefficient (Wildman–Crippen LogP) is 6.56. The molecular weight excluding hydrogens is 552 g/mol. The van der Waals surface area contributed by atoms with Gasteiger partial charge in [0.05, 0.1) is 4.47 Å². The van der Waals surface area contributed by atoms with Crippen LogP contribution >= 0.6 is 27.5 Å². The van der Waals surface area contributed by atoms with E-state index in [2.05, 4.69) is 42.0 Å². The Morgan fingerprint density at radius 3 is 2.27 bits per heavy atom. The molecule has 196 valence electrons. The number of benzene rings is 3. The van der Waals surface area contributed by atoms with E-state index in [-0.39, 0.29) is 30.4 Å². The molecule has 0 aliphatic heterocycles. The second-order valence-electron chi connectivity index (χ2n) is 9.93. The molecule has 37 heavy (non-hydrogen) atoms. The first-order valence-corrected chi connectivity index (χ1v) is 13.5. The van der Waals surface area contributed by atoms with E-state index in [9.17, 15) is 9.59 Å². The van der Waals surface area contributed by atoms with Crippen LogP contribution < -0.4 is 10.1 Å². The van der Waals surface area contributed by atoms with Crippen LogP contribution in [0.2, 0.25) is 5.02 Å². The van der Waals surface area contributed by atoms with Gasteiger partial charge in [0.25, 0.3) is 5.91 Å². The van der Waals surface area contributed by atoms with E-state index >= 15 is 0 Å². The molecular formula is C30H34BrClN2O3. The summed E-state index contributed by atoms with van der Waals surface area (Å²) < 4.78 is 6.73. The number of ether oxygens (including phenoxy) is 1. The van der Waals surface area contributed by atoms with Crippen LogP contribution in [-0.4, -0.2) is 35.9 Å². The molecule has 0 bridgehead atoms. The molecule has 3 aromatic carbocycles. The van der Waals surface area contributed by atoms with Crippen LogP contribution in [-0.2, 0) is 28.0 Å². The maximum atomic E-state index is 13.6. The minimum Gasteiger partial charge on any atom is -0.483 e. The summed E-state index contributed by atoms with van der Waals surface area (Å²) in [5.41, 5.74) is 2.98. The van der Waals surface area contributed by atoms with Crippen LogP contribution in [0.25, 0.3) is 0 Å². The van der Waals surface area contributed by atoms with Crippen molar-refractivity contribution in [1.29, 1.82) is 0 Å². The zero-order valence-electron chi connectivity index (χ0n) is 21.8. The van der Waals surface area contributed by atoms with Crippen LogP contribution in [0.1, 0.15) is 44.4 Å². The fraction of sp³-hybridized carbons (Fsp3) is 0.333. The van der Waals surface area contributed by atoms with Crippen LogP contribution in [0.4, 0.5) is 0 Å². The summed E-state index contributed by atoms with van der Waals surface area (Å²) in [6.07, 6.45) is 0.385. The zero-order valence-corrected chi connectivity index (χ0v) is 24.1. The largest absolute Gasteiger partial charge is 0.483 e. The Hall–Kier alpha value is -2.83. The molecule has 3 rings (SSSR count). The normalized spacial score (nSPS) is 12.1. The third-order valence-electron chi connectivity index (χ3n) is 6.04. The van der Waals surface area contributed by atoms with Gasteiger partial charge in [0.2, 0.25) is 5.91 Å². The number of carbonyl (C=O) groups is 2. The highest BCUT2D eigenvalue weighted by atomic mass is 79.9. The van der Waals surface area contributed by atoms with Crippen molar-refractivity contribution in [2.24, 2.45) is 0 Å². The van der Waals surface area contributed by atoms with Crippen LogP contribution in [0.5, 0.6) is 5.75 Å². The Morgan fingerprint density at radius 2 is 1.68 bits per heavy atom. The number of rotatable bonds is 10. The van der Waals surface area contributed by atoms with E-state index in [1.165, 1.54) is 0 Å². The van der Waals surface area contributed by atoms with Crippen LogP contribution in [0.15, 0.2) is 77.3 Å². The SMILES string of the molecule is CCNC(=O)C(Cc1ccccc1)N(Cc1ccc(Cl)cc1)C(=O)COc1ccc(C(C)(C)C)cc1Br. The molecule has 1 atom stereocenters. The Bertz CT molecular complexity index is 1190. The van der Waals surface area contributed by atoms with Gasteiger partial charge < -0.3 is 15.0 Å². The molecule has 5 nitrogen and oxygen atoms in total. The van der Waals surface area contributed by atoms with Crippen molar-refractivity contribution in [3.05, 3.63) is 99.0 Å². The highest BCUT2D eigenvalue weighted by molar-refractivity contribution is 9.10. The quantitative estimate of drug-likeness (QED) is 0.293. The Balaban J connectivity index is 1.88. The maximum Gasteiger partial charge on any atom is 0.261 e. The van der Waals surface area contributed by atoms with Crippen molar-refractivity contribution in [2.75, 3.05) is 13.2 Å². The number of halogens is 2. The number of amides is 2. The number of likely N-dealkylation sites (N-methyl/N-ethyl adjacent to an activating group) is 1. The van der Waals surface area contributed by atoms with E-state index in [0.717, 1.165) is 21.2 Å². The van der Waals surface area contributed by atoms with E-state index in [1.807, 2.05) is 67.6 Å². The number of nitrogens with one attached hydrogen (secondary N) is 1. The minimum absolute atomic E-state index is 0.0104. The lowest BCUT2D eigenvalue weighted by molar-refractivity contribution is -0.142. The standard InChI is InChI=1S/C30H34BrClN2O3/c1-5-33-29(36)26(17-21-9-7-6-8-10-21)34(19-22-11-14-24(32)15-12-22)28(35)20-37-27-16-13-23(18-25(27)31)30(2,3)4/h6-16,18,26H,5,17,19-20H2,1-4H3,(H,33,36). The fourth-order valence-electron chi connectivity index (χ4n) is 3.94. The van der Waals surface area contributed by atoms with Gasteiger partial charge in [-0.1, -0.05) is 80.9 Å². The van der Waals surface area contributed by atoms with Crippen molar-refractivity contribution >= 4 is 39.3 Å². The predicted molar refractivity (Wildman–Crippen MR) is 153 cm³/mol. The summed E-state index contributed by atoms with van der Waals surface area (Å²) in [4.78, 5) is 28.5. The van der Waals surface area contributed by atoms with E-state index in [1.54, 1.807) is 17.0 Å². The van der Waals surface area contributed by atoms with Gasteiger partial charge in [-0.15, -0.1) is 0 Å². The summed E-state index contributed by atoms with van der Waals surface area (Å²) >= 11 is 9.65. The smallest absolute Gasteiger partial charge is 0.261 e. The molecule has 0 heterocycles. The van der Waals surface area contributed by atoms with E-state index in [4.69, 9.17) is 16.3 Å². The number of hydrogen-bond donors (Lipinski definition) is 1. The highest BCUT2D eigenvalue weighted by Gasteiger charge is 2.30. The van der Waals surface area contributed by atoms with E-state index < -0.39 is 6.04 Å². The molecule has 7 heteroatoms. The van der Waals surface area contributed by atoms with Gasteiger partial charge >= 0.3 is 0 Å². The number of carbonyl (C=O) groups excluding carboxylic acids is 2. The molecule has 0 spiro atoms. The first kappa shape index (κ1) is 28.7. The molecule has 0 radical (unpaired) electrons. The number of nitrogens with zero attached hydrogens (tertiary/aromatic N) is 1. The van der Waals surface area contributed by atoms with Crippen LogP contribution in [0, 0.1) is 0 Å². The lowest BCUT2D eigenvalue weighted by atomic mass is 9.87. The van der Waals surface area contributed by atoms with Gasteiger partial charge in [-0.25, -0.2) is 0 Å². The summed E-state index contributed by atoms with van der Waals surface area (Å²) in [6, 6.07) is 22.2. The van der Waals surface area contributed by atoms with Gasteiger partial charge in [-0.05, 0) is 69.2 Å². The Labute approximate surface area is 233 Å². The van der Waals surface area contributed by atoms with Crippen LogP contribution in [0.3, 0.4) is 0 Å². The molecule has 0 saturated carbocycles. The van der Waals surface area contributed by atoms with E-state index in [0.29, 0.717) is 23.7 Å². The first-order valence-electron chi connectivity index (χ1n) is 12.4. The van der Waals surface area contributed by atoms with Crippen molar-refractivity contribution in [3.8, 4) is 5.75 Å². The minimum atomic E-state index is -0.708. The fourth-order valence-corrected chi connectivity index (χ4v) is 4.56. The lowest BCUT2D eigenvalue weighted by Crippen LogP contribution is -2.51. The van der Waals surface area contributed by atoms with Crippen molar-refractivity contribution in [1.82, 2.24) is 10.2 Å². The molecule has 0 fully saturated rings. The monoisotopic (exact) mass is 584 g/mol. The molecule has 0 aliphatic rings. The molecule has 0 aliphatic carbocycles. The van der Waals surface area contributed by atoms with Gasteiger partial charge in [-0.2, -0.15) is 0 Å². The van der Waals surface area contributed by atoms with Gasteiger partial charge in [0.15, 0.2) is 6.61 Å². The molecule has 1 unspecified atom stereocenters. The summed E-state index contributed by atoms with van der Waals surface area (Å²) in [5.74, 6) is 0.0868. The topological polar surface area (TPSA) is 58.6 Å². The van der Waals surface area contributed by atoms with Crippen molar-refractivity contribution in [2.45, 2.75) is 52.1 Å². The second-order valence-corrected chi connectivity index (χ2v) is 11.2. The van der Waals surface area contributed by atoms with Crippen molar-refractivity contribution in [3.63, 3.8) is 0 Å². The molecule has 0 saturated heterocycles. The number of hydrogen-bond acceptors (Lipinski definition) is 3. The maximum absolute atomic E-state index is 13.6. The molecule has 1 N–H and O–H groups in total. The third-order valence-corrected chi connectivity index (χ3v) is 6.91. The van der Waals surface area contributed by atoms with Gasteiger partial charge in [0, 0.05) is 24.5 Å². The third kappa shape index (κ3) is 8.34. The first-order chi connectivity index (χ1) is 17.6. The Morgan fingerprint density at radius 1 is 1.00 bits per heavy atom. The second kappa shape index (κ2) is 13.1. The average Bonchev–Trinajstić information content (AvgIpc) is 2.86.